The molecular weight excluding hydrogens is 170 g/mol. The fourth-order valence-corrected chi connectivity index (χ4v) is 2.29. The Hall–Kier alpha value is -0.980. The molecule has 0 spiro atoms. The monoisotopic (exact) mass is 191 g/mol. The van der Waals surface area contributed by atoms with Crippen molar-refractivity contribution < 1.29 is 0 Å². The molecule has 0 saturated carbocycles. The molecule has 0 aliphatic rings. The Morgan fingerprint density at radius 2 is 1.79 bits per heavy atom. The fourth-order valence-electron chi connectivity index (χ4n) is 2.29. The molecule has 1 heterocycles. The standard InChI is InChI=1S/C13H21N/c1-9(2)14-8-10(3)12(11(14)4)13(5,6)7/h8H,1H2,2-7H3. The van der Waals surface area contributed by atoms with Crippen molar-refractivity contribution >= 4 is 5.70 Å². The molecule has 78 valence electrons. The van der Waals surface area contributed by atoms with Crippen molar-refractivity contribution in [1.82, 2.24) is 4.57 Å². The van der Waals surface area contributed by atoms with Gasteiger partial charge in [-0.2, -0.15) is 0 Å². The van der Waals surface area contributed by atoms with Crippen LogP contribution >= 0.6 is 0 Å². The summed E-state index contributed by atoms with van der Waals surface area (Å²) in [4.78, 5) is 0. The second-order valence-corrected chi connectivity index (χ2v) is 5.13. The molecule has 0 fully saturated rings. The average molecular weight is 191 g/mol. The van der Waals surface area contributed by atoms with E-state index in [0.29, 0.717) is 0 Å². The fraction of sp³-hybridized carbons (Fsp3) is 0.538. The van der Waals surface area contributed by atoms with Gasteiger partial charge < -0.3 is 4.57 Å². The van der Waals surface area contributed by atoms with E-state index in [1.54, 1.807) is 0 Å². The molecule has 0 atom stereocenters. The molecule has 0 aromatic carbocycles. The van der Waals surface area contributed by atoms with Crippen LogP contribution in [0.4, 0.5) is 0 Å². The molecule has 0 aliphatic heterocycles. The number of allylic oxidation sites excluding steroid dienone is 1. The highest BCUT2D eigenvalue weighted by atomic mass is 15.0. The molecule has 0 bridgehead atoms. The smallest absolute Gasteiger partial charge is 0.0232 e. The van der Waals surface area contributed by atoms with E-state index in [2.05, 4.69) is 52.0 Å². The number of aromatic nitrogens is 1. The topological polar surface area (TPSA) is 4.93 Å². The van der Waals surface area contributed by atoms with Crippen LogP contribution < -0.4 is 0 Å². The van der Waals surface area contributed by atoms with Crippen molar-refractivity contribution in [3.63, 3.8) is 0 Å². The molecule has 1 heteroatoms. The molecule has 0 N–H and O–H groups in total. The van der Waals surface area contributed by atoms with Gasteiger partial charge in [-0.3, -0.25) is 0 Å². The molecule has 0 saturated heterocycles. The maximum atomic E-state index is 3.99. The number of aryl methyl sites for hydroxylation is 1. The van der Waals surface area contributed by atoms with Gasteiger partial charge in [0, 0.05) is 17.6 Å². The predicted molar refractivity (Wildman–Crippen MR) is 63.6 cm³/mol. The maximum Gasteiger partial charge on any atom is 0.0232 e. The van der Waals surface area contributed by atoms with E-state index in [0.717, 1.165) is 5.70 Å². The number of rotatable bonds is 1. The average Bonchev–Trinajstić information content (AvgIpc) is 2.24. The lowest BCUT2D eigenvalue weighted by Crippen LogP contribution is -2.13. The summed E-state index contributed by atoms with van der Waals surface area (Å²) in [6.45, 7) is 17.1. The van der Waals surface area contributed by atoms with Gasteiger partial charge in [0.15, 0.2) is 0 Å². The molecule has 1 aromatic rings. The lowest BCUT2D eigenvalue weighted by Gasteiger charge is -2.20. The lowest BCUT2D eigenvalue weighted by molar-refractivity contribution is 0.582. The van der Waals surface area contributed by atoms with E-state index in [4.69, 9.17) is 0 Å². The Balaban J connectivity index is 3.40. The van der Waals surface area contributed by atoms with Crippen LogP contribution in [0.1, 0.15) is 44.5 Å². The molecule has 1 aromatic heterocycles. The van der Waals surface area contributed by atoms with E-state index in [9.17, 15) is 0 Å². The summed E-state index contributed by atoms with van der Waals surface area (Å²) in [6, 6.07) is 0. The van der Waals surface area contributed by atoms with Gasteiger partial charge >= 0.3 is 0 Å². The Bertz CT molecular complexity index is 361. The van der Waals surface area contributed by atoms with Gasteiger partial charge in [-0.1, -0.05) is 27.4 Å². The van der Waals surface area contributed by atoms with Crippen LogP contribution in [0, 0.1) is 13.8 Å². The van der Waals surface area contributed by atoms with Crippen LogP contribution in [-0.4, -0.2) is 4.57 Å². The summed E-state index contributed by atoms with van der Waals surface area (Å²) in [5, 5.41) is 0. The highest BCUT2D eigenvalue weighted by Crippen LogP contribution is 2.31. The van der Waals surface area contributed by atoms with Gasteiger partial charge in [-0.05, 0) is 37.3 Å². The Morgan fingerprint density at radius 1 is 1.29 bits per heavy atom. The van der Waals surface area contributed by atoms with Crippen LogP contribution in [0.25, 0.3) is 5.70 Å². The van der Waals surface area contributed by atoms with Crippen molar-refractivity contribution in [3.05, 3.63) is 29.6 Å². The normalized spacial score (nSPS) is 11.9. The third kappa shape index (κ3) is 1.77. The maximum absolute atomic E-state index is 3.99. The minimum atomic E-state index is 0.217. The van der Waals surface area contributed by atoms with Crippen molar-refractivity contribution in [2.75, 3.05) is 0 Å². The third-order valence-electron chi connectivity index (χ3n) is 2.60. The quantitative estimate of drug-likeness (QED) is 0.634. The molecule has 0 amide bonds. The molecule has 0 unspecified atom stereocenters. The van der Waals surface area contributed by atoms with Crippen molar-refractivity contribution in [2.24, 2.45) is 0 Å². The van der Waals surface area contributed by atoms with E-state index < -0.39 is 0 Å². The second-order valence-electron chi connectivity index (χ2n) is 5.13. The molecule has 1 rings (SSSR count). The van der Waals surface area contributed by atoms with E-state index in [1.165, 1.54) is 16.8 Å². The zero-order chi connectivity index (χ0) is 11.1. The minimum Gasteiger partial charge on any atom is -0.325 e. The molecule has 14 heavy (non-hydrogen) atoms. The van der Waals surface area contributed by atoms with Crippen molar-refractivity contribution in [1.29, 1.82) is 0 Å². The van der Waals surface area contributed by atoms with E-state index in [-0.39, 0.29) is 5.41 Å². The number of hydrogen-bond donors (Lipinski definition) is 0. The predicted octanol–water partition coefficient (Wildman–Crippen LogP) is 3.89. The summed E-state index contributed by atoms with van der Waals surface area (Å²) in [7, 11) is 0. The van der Waals surface area contributed by atoms with Crippen LogP contribution in [0.5, 0.6) is 0 Å². The number of hydrogen-bond acceptors (Lipinski definition) is 0. The highest BCUT2D eigenvalue weighted by molar-refractivity contribution is 5.48. The largest absolute Gasteiger partial charge is 0.325 e. The van der Waals surface area contributed by atoms with Gasteiger partial charge in [0.25, 0.3) is 0 Å². The highest BCUT2D eigenvalue weighted by Gasteiger charge is 2.21. The van der Waals surface area contributed by atoms with Gasteiger partial charge in [0.1, 0.15) is 0 Å². The molecule has 0 radical (unpaired) electrons. The zero-order valence-corrected chi connectivity index (χ0v) is 10.2. The zero-order valence-electron chi connectivity index (χ0n) is 10.2. The Morgan fingerprint density at radius 3 is 2.00 bits per heavy atom. The molecular formula is C13H21N. The first-order chi connectivity index (χ1) is 6.25. The van der Waals surface area contributed by atoms with Gasteiger partial charge in [-0.15, -0.1) is 0 Å². The summed E-state index contributed by atoms with van der Waals surface area (Å²) in [6.07, 6.45) is 2.18. The first-order valence-electron chi connectivity index (χ1n) is 5.10. The van der Waals surface area contributed by atoms with E-state index in [1.807, 2.05) is 6.92 Å². The van der Waals surface area contributed by atoms with E-state index >= 15 is 0 Å². The second kappa shape index (κ2) is 3.30. The SMILES string of the molecule is C=C(C)n1cc(C)c(C(C)(C)C)c1C. The summed E-state index contributed by atoms with van der Waals surface area (Å²) < 4.78 is 2.18. The summed E-state index contributed by atoms with van der Waals surface area (Å²) in [5.41, 5.74) is 5.43. The molecule has 1 nitrogen and oxygen atoms in total. The van der Waals surface area contributed by atoms with Crippen molar-refractivity contribution in [3.8, 4) is 0 Å². The van der Waals surface area contributed by atoms with Crippen LogP contribution in [0.2, 0.25) is 0 Å². The summed E-state index contributed by atoms with van der Waals surface area (Å²) in [5.74, 6) is 0. The van der Waals surface area contributed by atoms with Crippen LogP contribution in [0.3, 0.4) is 0 Å². The van der Waals surface area contributed by atoms with Gasteiger partial charge in [0.2, 0.25) is 0 Å². The van der Waals surface area contributed by atoms with Gasteiger partial charge in [-0.25, -0.2) is 0 Å². The first kappa shape index (κ1) is 11.1. The molecule has 0 aliphatic carbocycles. The first-order valence-corrected chi connectivity index (χ1v) is 5.10. The van der Waals surface area contributed by atoms with Crippen LogP contribution in [0.15, 0.2) is 12.8 Å². The minimum absolute atomic E-state index is 0.217. The lowest BCUT2D eigenvalue weighted by atomic mass is 9.85. The Kier molecular flexibility index (Phi) is 2.62. The summed E-state index contributed by atoms with van der Waals surface area (Å²) >= 11 is 0. The van der Waals surface area contributed by atoms with Crippen molar-refractivity contribution in [2.45, 2.75) is 47.0 Å². The number of nitrogens with zero attached hydrogens (tertiary/aromatic N) is 1. The Labute approximate surface area is 87.4 Å². The van der Waals surface area contributed by atoms with Crippen LogP contribution in [-0.2, 0) is 5.41 Å². The third-order valence-corrected chi connectivity index (χ3v) is 2.60. The van der Waals surface area contributed by atoms with Gasteiger partial charge in [0.05, 0.1) is 0 Å².